The van der Waals surface area contributed by atoms with Crippen molar-refractivity contribution in [2.45, 2.75) is 26.8 Å². The maximum Gasteiger partial charge on any atom is 0.226 e. The molecule has 1 aromatic carbocycles. The van der Waals surface area contributed by atoms with Gasteiger partial charge in [0.25, 0.3) is 0 Å². The van der Waals surface area contributed by atoms with Crippen LogP contribution < -0.4 is 0 Å². The molecular weight excluding hydrogens is 321 g/mol. The van der Waals surface area contributed by atoms with Gasteiger partial charge in [0, 0.05) is 38.2 Å². The standard InChI is InChI=1S/C19H24FN3O2/c1-4-23-11-14(9-18(23)24)10-22(3)12-17-13(2)25-19(21-17)15-5-7-16(20)8-6-15/h5-8,14H,4,9-12H2,1-3H3/t14-/m0/s1. The largest absolute Gasteiger partial charge is 0.441 e. The first-order valence-electron chi connectivity index (χ1n) is 8.64. The van der Waals surface area contributed by atoms with E-state index in [1.807, 2.05) is 25.8 Å². The minimum Gasteiger partial charge on any atom is -0.441 e. The summed E-state index contributed by atoms with van der Waals surface area (Å²) in [6.45, 7) is 7.02. The maximum atomic E-state index is 13.0. The van der Waals surface area contributed by atoms with Gasteiger partial charge in [-0.1, -0.05) is 0 Å². The van der Waals surface area contributed by atoms with Crippen molar-refractivity contribution in [1.29, 1.82) is 0 Å². The molecule has 1 amide bonds. The zero-order valence-electron chi connectivity index (χ0n) is 15.0. The Bertz CT molecular complexity index is 742. The third kappa shape index (κ3) is 4.07. The average Bonchev–Trinajstić information content (AvgIpc) is 3.10. The lowest BCUT2D eigenvalue weighted by atomic mass is 10.1. The summed E-state index contributed by atoms with van der Waals surface area (Å²) in [5.41, 5.74) is 1.64. The Hall–Kier alpha value is -2.21. The van der Waals surface area contributed by atoms with E-state index in [2.05, 4.69) is 9.88 Å². The predicted octanol–water partition coefficient (Wildman–Crippen LogP) is 3.09. The summed E-state index contributed by atoms with van der Waals surface area (Å²) in [5, 5.41) is 0. The van der Waals surface area contributed by atoms with Crippen molar-refractivity contribution < 1.29 is 13.6 Å². The summed E-state index contributed by atoms with van der Waals surface area (Å²) >= 11 is 0. The zero-order chi connectivity index (χ0) is 18.0. The van der Waals surface area contributed by atoms with Crippen molar-refractivity contribution in [2.24, 2.45) is 5.92 Å². The highest BCUT2D eigenvalue weighted by molar-refractivity contribution is 5.78. The Morgan fingerprint density at radius 3 is 2.72 bits per heavy atom. The van der Waals surface area contributed by atoms with Gasteiger partial charge in [-0.05, 0) is 51.1 Å². The third-order valence-corrected chi connectivity index (χ3v) is 4.65. The molecule has 0 saturated carbocycles. The molecule has 0 bridgehead atoms. The van der Waals surface area contributed by atoms with Crippen LogP contribution in [0.15, 0.2) is 28.7 Å². The first-order chi connectivity index (χ1) is 12.0. The van der Waals surface area contributed by atoms with Crippen molar-refractivity contribution in [3.05, 3.63) is 41.5 Å². The van der Waals surface area contributed by atoms with Crippen molar-refractivity contribution in [3.63, 3.8) is 0 Å². The van der Waals surface area contributed by atoms with Gasteiger partial charge in [-0.25, -0.2) is 9.37 Å². The normalized spacial score (nSPS) is 17.7. The Morgan fingerprint density at radius 1 is 1.36 bits per heavy atom. The monoisotopic (exact) mass is 345 g/mol. The SMILES string of the molecule is CCN1C[C@H](CN(C)Cc2nc(-c3ccc(F)cc3)oc2C)CC1=O. The van der Waals surface area contributed by atoms with Crippen LogP contribution in [-0.2, 0) is 11.3 Å². The van der Waals surface area contributed by atoms with Gasteiger partial charge in [0.1, 0.15) is 11.6 Å². The van der Waals surface area contributed by atoms with E-state index in [1.54, 1.807) is 12.1 Å². The van der Waals surface area contributed by atoms with Gasteiger partial charge in [0.15, 0.2) is 0 Å². The molecule has 1 aliphatic rings. The molecule has 3 rings (SSSR count). The van der Waals surface area contributed by atoms with Crippen molar-refractivity contribution >= 4 is 5.91 Å². The molecule has 25 heavy (non-hydrogen) atoms. The van der Waals surface area contributed by atoms with Crippen LogP contribution in [0.4, 0.5) is 4.39 Å². The molecule has 0 N–H and O–H groups in total. The summed E-state index contributed by atoms with van der Waals surface area (Å²) in [6, 6.07) is 6.13. The fourth-order valence-electron chi connectivity index (χ4n) is 3.33. The third-order valence-electron chi connectivity index (χ3n) is 4.65. The number of aryl methyl sites for hydroxylation is 1. The van der Waals surface area contributed by atoms with Crippen LogP contribution >= 0.6 is 0 Å². The highest BCUT2D eigenvalue weighted by Gasteiger charge is 2.29. The topological polar surface area (TPSA) is 49.6 Å². The quantitative estimate of drug-likeness (QED) is 0.807. The number of likely N-dealkylation sites (tertiary alicyclic amines) is 1. The predicted molar refractivity (Wildman–Crippen MR) is 93.3 cm³/mol. The summed E-state index contributed by atoms with van der Waals surface area (Å²) in [6.07, 6.45) is 0.622. The number of carbonyl (C=O) groups excluding carboxylic acids is 1. The molecule has 0 spiro atoms. The van der Waals surface area contributed by atoms with E-state index in [0.29, 0.717) is 24.8 Å². The second kappa shape index (κ2) is 7.35. The number of hydrogen-bond donors (Lipinski definition) is 0. The molecule has 2 heterocycles. The molecule has 6 heteroatoms. The molecule has 1 aliphatic heterocycles. The molecule has 0 aliphatic carbocycles. The number of hydrogen-bond acceptors (Lipinski definition) is 4. The minimum absolute atomic E-state index is 0.247. The van der Waals surface area contributed by atoms with E-state index in [1.165, 1.54) is 12.1 Å². The number of oxazole rings is 1. The molecule has 0 unspecified atom stereocenters. The van der Waals surface area contributed by atoms with Gasteiger partial charge in [0.2, 0.25) is 11.8 Å². The second-order valence-electron chi connectivity index (χ2n) is 6.73. The summed E-state index contributed by atoms with van der Waals surface area (Å²) in [7, 11) is 2.03. The van der Waals surface area contributed by atoms with Crippen LogP contribution in [0.2, 0.25) is 0 Å². The first-order valence-corrected chi connectivity index (χ1v) is 8.64. The molecule has 5 nitrogen and oxygen atoms in total. The number of benzene rings is 1. The lowest BCUT2D eigenvalue weighted by Gasteiger charge is -2.20. The Morgan fingerprint density at radius 2 is 2.08 bits per heavy atom. The number of amides is 1. The molecule has 0 radical (unpaired) electrons. The van der Waals surface area contributed by atoms with Gasteiger partial charge in [0.05, 0.1) is 5.69 Å². The number of halogens is 1. The number of aromatic nitrogens is 1. The van der Waals surface area contributed by atoms with Gasteiger partial charge < -0.3 is 14.2 Å². The van der Waals surface area contributed by atoms with E-state index in [9.17, 15) is 9.18 Å². The summed E-state index contributed by atoms with van der Waals surface area (Å²) < 4.78 is 18.8. The molecule has 1 fully saturated rings. The maximum absolute atomic E-state index is 13.0. The van der Waals surface area contributed by atoms with Crippen LogP contribution in [-0.4, -0.2) is 47.4 Å². The highest BCUT2D eigenvalue weighted by Crippen LogP contribution is 2.24. The minimum atomic E-state index is -0.279. The van der Waals surface area contributed by atoms with E-state index in [4.69, 9.17) is 4.42 Å². The number of rotatable bonds is 6. The molecule has 1 atom stereocenters. The first kappa shape index (κ1) is 17.6. The van der Waals surface area contributed by atoms with Crippen LogP contribution in [0, 0.1) is 18.7 Å². The Balaban J connectivity index is 1.63. The molecule has 1 saturated heterocycles. The Labute approximate surface area is 147 Å². The lowest BCUT2D eigenvalue weighted by Crippen LogP contribution is -2.28. The van der Waals surface area contributed by atoms with Gasteiger partial charge in [-0.15, -0.1) is 0 Å². The van der Waals surface area contributed by atoms with Crippen LogP contribution in [0.1, 0.15) is 24.8 Å². The smallest absolute Gasteiger partial charge is 0.226 e. The van der Waals surface area contributed by atoms with Crippen molar-refractivity contribution in [1.82, 2.24) is 14.8 Å². The Kier molecular flexibility index (Phi) is 5.18. The zero-order valence-corrected chi connectivity index (χ0v) is 15.0. The average molecular weight is 345 g/mol. The van der Waals surface area contributed by atoms with E-state index < -0.39 is 0 Å². The van der Waals surface area contributed by atoms with Gasteiger partial charge in [-0.2, -0.15) is 0 Å². The fourth-order valence-corrected chi connectivity index (χ4v) is 3.33. The van der Waals surface area contributed by atoms with E-state index in [-0.39, 0.29) is 11.7 Å². The molecule has 2 aromatic rings. The second-order valence-corrected chi connectivity index (χ2v) is 6.73. The molecular formula is C19H24FN3O2. The van der Waals surface area contributed by atoms with Crippen LogP contribution in [0.5, 0.6) is 0 Å². The highest BCUT2D eigenvalue weighted by atomic mass is 19.1. The fraction of sp³-hybridized carbons (Fsp3) is 0.474. The molecule has 134 valence electrons. The molecule has 1 aromatic heterocycles. The van der Waals surface area contributed by atoms with E-state index >= 15 is 0 Å². The lowest BCUT2D eigenvalue weighted by molar-refractivity contribution is -0.127. The van der Waals surface area contributed by atoms with Crippen molar-refractivity contribution in [2.75, 3.05) is 26.7 Å². The van der Waals surface area contributed by atoms with Gasteiger partial charge >= 0.3 is 0 Å². The van der Waals surface area contributed by atoms with Gasteiger partial charge in [-0.3, -0.25) is 4.79 Å². The van der Waals surface area contributed by atoms with Crippen LogP contribution in [0.3, 0.4) is 0 Å². The van der Waals surface area contributed by atoms with E-state index in [0.717, 1.165) is 36.7 Å². The summed E-state index contributed by atoms with van der Waals surface area (Å²) in [4.78, 5) is 20.5. The number of carbonyl (C=O) groups is 1. The van der Waals surface area contributed by atoms with Crippen LogP contribution in [0.25, 0.3) is 11.5 Å². The van der Waals surface area contributed by atoms with Crippen molar-refractivity contribution in [3.8, 4) is 11.5 Å². The number of nitrogens with zero attached hydrogens (tertiary/aromatic N) is 3. The summed E-state index contributed by atoms with van der Waals surface area (Å²) in [5.74, 6) is 1.61.